The SMILES string of the molecule is [C-]#[N+][C@](C(=O)OC)(c1ccccc1)[C@H]1CC(=O)N(c2ccc(OC)cc2)C1=O. The molecule has 1 aliphatic rings. The third kappa shape index (κ3) is 2.89. The quantitative estimate of drug-likeness (QED) is 0.454. The number of esters is 1. The fourth-order valence-electron chi connectivity index (χ4n) is 3.46. The molecule has 1 heterocycles. The molecule has 142 valence electrons. The van der Waals surface area contributed by atoms with Crippen molar-refractivity contribution in [2.75, 3.05) is 19.1 Å². The predicted molar refractivity (Wildman–Crippen MR) is 100 cm³/mol. The highest BCUT2D eigenvalue weighted by molar-refractivity contribution is 6.22. The Balaban J connectivity index is 2.07. The summed E-state index contributed by atoms with van der Waals surface area (Å²) >= 11 is 0. The van der Waals surface area contributed by atoms with Crippen molar-refractivity contribution in [3.05, 3.63) is 71.6 Å². The average molecular weight is 378 g/mol. The van der Waals surface area contributed by atoms with Crippen LogP contribution in [0.2, 0.25) is 0 Å². The Morgan fingerprint density at radius 3 is 2.29 bits per heavy atom. The molecule has 2 amide bonds. The van der Waals surface area contributed by atoms with Crippen molar-refractivity contribution >= 4 is 23.5 Å². The molecule has 0 radical (unpaired) electrons. The molecule has 3 rings (SSSR count). The summed E-state index contributed by atoms with van der Waals surface area (Å²) in [6.07, 6.45) is -0.267. The molecule has 2 aromatic rings. The van der Waals surface area contributed by atoms with E-state index in [0.717, 1.165) is 12.0 Å². The predicted octanol–water partition coefficient (Wildman–Crippen LogP) is 2.56. The number of amides is 2. The highest BCUT2D eigenvalue weighted by Crippen LogP contribution is 2.43. The van der Waals surface area contributed by atoms with Crippen molar-refractivity contribution in [1.29, 1.82) is 0 Å². The molecule has 1 aliphatic heterocycles. The molecule has 0 aromatic heterocycles. The van der Waals surface area contributed by atoms with E-state index >= 15 is 0 Å². The summed E-state index contributed by atoms with van der Waals surface area (Å²) in [4.78, 5) is 43.1. The van der Waals surface area contributed by atoms with Crippen molar-refractivity contribution in [2.24, 2.45) is 5.92 Å². The number of nitrogens with zero attached hydrogens (tertiary/aromatic N) is 2. The molecule has 2 aromatic carbocycles. The summed E-state index contributed by atoms with van der Waals surface area (Å²) in [6.45, 7) is 7.75. The second kappa shape index (κ2) is 7.53. The second-order valence-corrected chi connectivity index (χ2v) is 6.26. The number of carbonyl (C=O) groups is 3. The van der Waals surface area contributed by atoms with Gasteiger partial charge in [-0.3, -0.25) is 14.4 Å². The van der Waals surface area contributed by atoms with Crippen LogP contribution in [-0.2, 0) is 24.7 Å². The van der Waals surface area contributed by atoms with Crippen LogP contribution in [0.4, 0.5) is 5.69 Å². The number of methoxy groups -OCH3 is 2. The normalized spacial score (nSPS) is 18.3. The first kappa shape index (κ1) is 19.1. The molecule has 1 saturated heterocycles. The van der Waals surface area contributed by atoms with Crippen molar-refractivity contribution in [3.8, 4) is 5.75 Å². The van der Waals surface area contributed by atoms with Crippen LogP contribution in [0.15, 0.2) is 54.6 Å². The van der Waals surface area contributed by atoms with Crippen molar-refractivity contribution in [1.82, 2.24) is 0 Å². The maximum atomic E-state index is 13.2. The average Bonchev–Trinajstić information content (AvgIpc) is 3.04. The van der Waals surface area contributed by atoms with Gasteiger partial charge in [0, 0.05) is 12.0 Å². The molecule has 28 heavy (non-hydrogen) atoms. The van der Waals surface area contributed by atoms with Gasteiger partial charge in [-0.1, -0.05) is 30.3 Å². The molecule has 1 fully saturated rings. The molecule has 0 spiro atoms. The summed E-state index contributed by atoms with van der Waals surface area (Å²) in [7, 11) is 2.67. The van der Waals surface area contributed by atoms with E-state index in [1.54, 1.807) is 54.6 Å². The molecular weight excluding hydrogens is 360 g/mol. The zero-order valence-corrected chi connectivity index (χ0v) is 15.4. The van der Waals surface area contributed by atoms with Gasteiger partial charge in [0.2, 0.25) is 11.8 Å². The zero-order chi connectivity index (χ0) is 20.3. The van der Waals surface area contributed by atoms with Gasteiger partial charge in [0.15, 0.2) is 0 Å². The van der Waals surface area contributed by atoms with Crippen LogP contribution >= 0.6 is 0 Å². The Morgan fingerprint density at radius 2 is 1.75 bits per heavy atom. The van der Waals surface area contributed by atoms with Crippen molar-refractivity contribution in [2.45, 2.75) is 12.0 Å². The van der Waals surface area contributed by atoms with Crippen LogP contribution in [0, 0.1) is 12.5 Å². The van der Waals surface area contributed by atoms with Gasteiger partial charge in [-0.15, -0.1) is 0 Å². The van der Waals surface area contributed by atoms with E-state index in [4.69, 9.17) is 16.0 Å². The molecule has 0 aliphatic carbocycles. The lowest BCUT2D eigenvalue weighted by molar-refractivity contribution is -0.149. The fraction of sp³-hybridized carbons (Fsp3) is 0.238. The monoisotopic (exact) mass is 378 g/mol. The summed E-state index contributed by atoms with van der Waals surface area (Å²) in [5.41, 5.74) is -1.25. The fourth-order valence-corrected chi connectivity index (χ4v) is 3.46. The first-order chi connectivity index (χ1) is 13.5. The third-order valence-corrected chi connectivity index (χ3v) is 4.87. The van der Waals surface area contributed by atoms with Crippen LogP contribution in [0.1, 0.15) is 12.0 Å². The molecule has 0 N–H and O–H groups in total. The highest BCUT2D eigenvalue weighted by Gasteiger charge is 2.63. The summed E-state index contributed by atoms with van der Waals surface area (Å²) in [6, 6.07) is 14.7. The molecule has 7 nitrogen and oxygen atoms in total. The molecule has 0 unspecified atom stereocenters. The molecule has 0 bridgehead atoms. The van der Waals surface area contributed by atoms with Crippen LogP contribution in [-0.4, -0.2) is 32.0 Å². The maximum absolute atomic E-state index is 13.2. The van der Waals surface area contributed by atoms with Gasteiger partial charge in [0.1, 0.15) is 11.7 Å². The Kier molecular flexibility index (Phi) is 5.14. The topological polar surface area (TPSA) is 77.3 Å². The maximum Gasteiger partial charge on any atom is 0.399 e. The minimum absolute atomic E-state index is 0.267. The Hall–Kier alpha value is -3.66. The first-order valence-corrected chi connectivity index (χ1v) is 8.53. The van der Waals surface area contributed by atoms with Gasteiger partial charge in [0.05, 0.1) is 19.9 Å². The standard InChI is InChI=1S/C21H18N2O5/c1-22-21(20(26)28-3,14-7-5-4-6-8-14)17-13-18(24)23(19(17)25)15-9-11-16(27-2)12-10-15/h4-12,17H,13H2,2-3H3/t17-,21+/m0/s1. The Morgan fingerprint density at radius 1 is 1.11 bits per heavy atom. The number of hydrogen-bond acceptors (Lipinski definition) is 5. The number of hydrogen-bond donors (Lipinski definition) is 0. The van der Waals surface area contributed by atoms with Crippen molar-refractivity contribution < 1.29 is 23.9 Å². The van der Waals surface area contributed by atoms with Crippen LogP contribution in [0.3, 0.4) is 0 Å². The van der Waals surface area contributed by atoms with Crippen LogP contribution < -0.4 is 9.64 Å². The summed E-state index contributed by atoms with van der Waals surface area (Å²) in [5.74, 6) is -2.56. The summed E-state index contributed by atoms with van der Waals surface area (Å²) < 4.78 is 9.97. The molecule has 2 atom stereocenters. The van der Waals surface area contributed by atoms with E-state index in [-0.39, 0.29) is 6.42 Å². The van der Waals surface area contributed by atoms with E-state index < -0.39 is 29.2 Å². The molecule has 0 saturated carbocycles. The van der Waals surface area contributed by atoms with E-state index in [9.17, 15) is 14.4 Å². The van der Waals surface area contributed by atoms with Gasteiger partial charge >= 0.3 is 11.5 Å². The number of ether oxygens (including phenoxy) is 2. The Labute approximate surface area is 162 Å². The number of benzene rings is 2. The smallest absolute Gasteiger partial charge is 0.399 e. The number of anilines is 1. The van der Waals surface area contributed by atoms with Gasteiger partial charge in [-0.25, -0.2) is 16.3 Å². The number of rotatable bonds is 5. The van der Waals surface area contributed by atoms with Crippen LogP contribution in [0.5, 0.6) is 5.75 Å². The Bertz CT molecular complexity index is 949. The molecular formula is C21H18N2O5. The van der Waals surface area contributed by atoms with Gasteiger partial charge < -0.3 is 9.47 Å². The van der Waals surface area contributed by atoms with E-state index in [1.165, 1.54) is 7.11 Å². The lowest BCUT2D eigenvalue weighted by Gasteiger charge is -2.24. The van der Waals surface area contributed by atoms with Gasteiger partial charge in [-0.05, 0) is 24.3 Å². The largest absolute Gasteiger partial charge is 0.497 e. The zero-order valence-electron chi connectivity index (χ0n) is 15.4. The van der Waals surface area contributed by atoms with E-state index in [0.29, 0.717) is 17.0 Å². The lowest BCUT2D eigenvalue weighted by Crippen LogP contribution is -2.45. The minimum Gasteiger partial charge on any atom is -0.497 e. The number of carbonyl (C=O) groups excluding carboxylic acids is 3. The van der Waals surface area contributed by atoms with Crippen molar-refractivity contribution in [3.63, 3.8) is 0 Å². The first-order valence-electron chi connectivity index (χ1n) is 8.53. The van der Waals surface area contributed by atoms with E-state index in [1.807, 2.05) is 0 Å². The lowest BCUT2D eigenvalue weighted by atomic mass is 9.77. The second-order valence-electron chi connectivity index (χ2n) is 6.26. The molecule has 7 heteroatoms. The summed E-state index contributed by atoms with van der Waals surface area (Å²) in [5, 5.41) is 0. The van der Waals surface area contributed by atoms with E-state index in [2.05, 4.69) is 4.85 Å². The number of imide groups is 1. The highest BCUT2D eigenvalue weighted by atomic mass is 16.5. The third-order valence-electron chi connectivity index (χ3n) is 4.87. The van der Waals surface area contributed by atoms with Gasteiger partial charge in [-0.2, -0.15) is 0 Å². The minimum atomic E-state index is -1.93. The van der Waals surface area contributed by atoms with Crippen LogP contribution in [0.25, 0.3) is 4.85 Å². The van der Waals surface area contributed by atoms with Gasteiger partial charge in [0.25, 0.3) is 0 Å².